The maximum atomic E-state index is 12.7. The zero-order valence-corrected chi connectivity index (χ0v) is 35.2. The maximum Gasteiger partial charge on any atom is 0.306 e. The molecular formula is C44H87NO5S. The summed E-state index contributed by atoms with van der Waals surface area (Å²) in [6.45, 7) is 10.3. The van der Waals surface area contributed by atoms with Crippen molar-refractivity contribution < 1.29 is 24.2 Å². The summed E-state index contributed by atoms with van der Waals surface area (Å²) in [5.41, 5.74) is 0. The number of hydrogen-bond acceptors (Lipinski definition) is 7. The summed E-state index contributed by atoms with van der Waals surface area (Å²) in [6.07, 6.45) is 36.3. The quantitative estimate of drug-likeness (QED) is 0.0493. The lowest BCUT2D eigenvalue weighted by atomic mass is 10.0. The van der Waals surface area contributed by atoms with E-state index in [2.05, 4.69) is 25.7 Å². The van der Waals surface area contributed by atoms with Crippen LogP contribution < -0.4 is 0 Å². The molecule has 0 aliphatic heterocycles. The first-order chi connectivity index (χ1) is 25.1. The summed E-state index contributed by atoms with van der Waals surface area (Å²) in [6, 6.07) is 0. The minimum absolute atomic E-state index is 0.0115. The molecule has 0 radical (unpaired) electrons. The second-order valence-electron chi connectivity index (χ2n) is 15.1. The van der Waals surface area contributed by atoms with Gasteiger partial charge in [0.25, 0.3) is 0 Å². The monoisotopic (exact) mass is 742 g/mol. The number of nitrogens with zero attached hydrogens (tertiary/aromatic N) is 1. The van der Waals surface area contributed by atoms with Gasteiger partial charge in [0.1, 0.15) is 6.10 Å². The van der Waals surface area contributed by atoms with E-state index in [-0.39, 0.29) is 24.6 Å². The number of carbonyl (C=O) groups excluding carboxylic acids is 2. The maximum absolute atomic E-state index is 12.7. The number of ether oxygens (including phenoxy) is 2. The van der Waals surface area contributed by atoms with Gasteiger partial charge in [0.15, 0.2) is 0 Å². The molecule has 0 aromatic heterocycles. The summed E-state index contributed by atoms with van der Waals surface area (Å²) in [5.74, 6) is 2.00. The van der Waals surface area contributed by atoms with Crippen LogP contribution in [-0.4, -0.2) is 72.4 Å². The van der Waals surface area contributed by atoms with Gasteiger partial charge in [0, 0.05) is 18.7 Å². The molecule has 0 fully saturated rings. The fraction of sp³-hybridized carbons (Fsp3) is 0.955. The van der Waals surface area contributed by atoms with Gasteiger partial charge in [-0.15, -0.1) is 0 Å². The smallest absolute Gasteiger partial charge is 0.306 e. The van der Waals surface area contributed by atoms with Gasteiger partial charge in [-0.3, -0.25) is 9.59 Å². The highest BCUT2D eigenvalue weighted by Gasteiger charge is 2.14. The van der Waals surface area contributed by atoms with Crippen LogP contribution in [0.15, 0.2) is 0 Å². The van der Waals surface area contributed by atoms with Gasteiger partial charge in [-0.25, -0.2) is 0 Å². The molecule has 0 aromatic rings. The lowest BCUT2D eigenvalue weighted by Crippen LogP contribution is -2.29. The average molecular weight is 742 g/mol. The van der Waals surface area contributed by atoms with Crippen molar-refractivity contribution in [2.45, 2.75) is 226 Å². The number of esters is 2. The molecule has 6 nitrogen and oxygen atoms in total. The molecule has 0 rings (SSSR count). The Bertz CT molecular complexity index is 708. The van der Waals surface area contributed by atoms with E-state index in [0.29, 0.717) is 19.4 Å². The van der Waals surface area contributed by atoms with Crippen molar-refractivity contribution in [2.75, 3.05) is 44.4 Å². The van der Waals surface area contributed by atoms with Crippen LogP contribution in [0, 0.1) is 0 Å². The summed E-state index contributed by atoms with van der Waals surface area (Å²) < 4.78 is 11.5. The van der Waals surface area contributed by atoms with Crippen molar-refractivity contribution in [1.29, 1.82) is 0 Å². The first-order valence-corrected chi connectivity index (χ1v) is 23.5. The Kier molecular flexibility index (Phi) is 41.3. The van der Waals surface area contributed by atoms with Crippen molar-refractivity contribution in [3.63, 3.8) is 0 Å². The van der Waals surface area contributed by atoms with E-state index >= 15 is 0 Å². The molecule has 0 saturated carbocycles. The number of unbranched alkanes of at least 4 members (excludes halogenated alkanes) is 22. The predicted octanol–water partition coefficient (Wildman–Crippen LogP) is 12.6. The van der Waals surface area contributed by atoms with Crippen LogP contribution >= 0.6 is 11.8 Å². The Morgan fingerprint density at radius 2 is 0.980 bits per heavy atom. The van der Waals surface area contributed by atoms with Gasteiger partial charge < -0.3 is 19.5 Å². The van der Waals surface area contributed by atoms with E-state index < -0.39 is 0 Å². The second kappa shape index (κ2) is 42.0. The molecule has 51 heavy (non-hydrogen) atoms. The molecule has 0 aromatic carbocycles. The topological polar surface area (TPSA) is 76.1 Å². The number of aliphatic hydroxyl groups excluding tert-OH is 1. The van der Waals surface area contributed by atoms with Crippen molar-refractivity contribution in [1.82, 2.24) is 4.90 Å². The van der Waals surface area contributed by atoms with Crippen LogP contribution in [-0.2, 0) is 19.1 Å². The van der Waals surface area contributed by atoms with E-state index in [1.54, 1.807) is 0 Å². The summed E-state index contributed by atoms with van der Waals surface area (Å²) in [5, 5.41) is 9.54. The number of rotatable bonds is 42. The molecule has 0 saturated heterocycles. The number of carbonyl (C=O) groups is 2. The fourth-order valence-corrected chi connectivity index (χ4v) is 7.64. The third-order valence-corrected chi connectivity index (χ3v) is 11.1. The highest BCUT2D eigenvalue weighted by Crippen LogP contribution is 2.18. The van der Waals surface area contributed by atoms with Crippen LogP contribution in [0.1, 0.15) is 220 Å². The van der Waals surface area contributed by atoms with Crippen molar-refractivity contribution in [3.05, 3.63) is 0 Å². The van der Waals surface area contributed by atoms with Gasteiger partial charge in [0.2, 0.25) is 0 Å². The Morgan fingerprint density at radius 3 is 1.53 bits per heavy atom. The molecule has 0 heterocycles. The molecule has 0 atom stereocenters. The van der Waals surface area contributed by atoms with Gasteiger partial charge in [-0.05, 0) is 76.6 Å². The van der Waals surface area contributed by atoms with Crippen LogP contribution in [0.5, 0.6) is 0 Å². The third kappa shape index (κ3) is 38.7. The van der Waals surface area contributed by atoms with Crippen LogP contribution in [0.25, 0.3) is 0 Å². The molecule has 0 aliphatic carbocycles. The average Bonchev–Trinajstić information content (AvgIpc) is 3.12. The molecular weight excluding hydrogens is 655 g/mol. The van der Waals surface area contributed by atoms with Crippen LogP contribution in [0.2, 0.25) is 0 Å². The Morgan fingerprint density at radius 1 is 0.510 bits per heavy atom. The van der Waals surface area contributed by atoms with Crippen LogP contribution in [0.4, 0.5) is 0 Å². The SMILES string of the molecule is CCCCCCCCSCCC(=O)OCCCCCCN(CCO)CCCCCCCC(=O)OC(CCCCCCCC)CCCCCCCC. The first kappa shape index (κ1) is 50.2. The number of aliphatic hydroxyl groups is 1. The minimum atomic E-state index is -0.0502. The second-order valence-corrected chi connectivity index (χ2v) is 16.3. The molecule has 0 unspecified atom stereocenters. The molecule has 0 bridgehead atoms. The first-order valence-electron chi connectivity index (χ1n) is 22.3. The van der Waals surface area contributed by atoms with Crippen molar-refractivity contribution >= 4 is 23.7 Å². The van der Waals surface area contributed by atoms with Gasteiger partial charge >= 0.3 is 11.9 Å². The lowest BCUT2D eigenvalue weighted by molar-refractivity contribution is -0.150. The summed E-state index contributed by atoms with van der Waals surface area (Å²) >= 11 is 1.88. The standard InChI is InChI=1S/C44H87NO5S/c1-4-7-10-13-17-24-31-42(32-25-18-14-11-8-5-2)50-44(48)33-26-19-16-20-27-35-45(37-38-46)36-28-21-22-29-39-49-43(47)34-41-51-40-30-23-15-12-9-6-3/h42,46H,4-41H2,1-3H3. The number of hydrogen-bond donors (Lipinski definition) is 1. The fourth-order valence-electron chi connectivity index (χ4n) is 6.71. The predicted molar refractivity (Wildman–Crippen MR) is 222 cm³/mol. The minimum Gasteiger partial charge on any atom is -0.466 e. The van der Waals surface area contributed by atoms with E-state index in [4.69, 9.17) is 9.47 Å². The lowest BCUT2D eigenvalue weighted by Gasteiger charge is -2.21. The normalized spacial score (nSPS) is 11.6. The summed E-state index contributed by atoms with van der Waals surface area (Å²) in [7, 11) is 0. The highest BCUT2D eigenvalue weighted by molar-refractivity contribution is 7.99. The zero-order valence-electron chi connectivity index (χ0n) is 34.4. The van der Waals surface area contributed by atoms with Crippen LogP contribution in [0.3, 0.4) is 0 Å². The van der Waals surface area contributed by atoms with E-state index in [9.17, 15) is 14.7 Å². The largest absolute Gasteiger partial charge is 0.466 e. The van der Waals surface area contributed by atoms with Crippen molar-refractivity contribution in [2.24, 2.45) is 0 Å². The summed E-state index contributed by atoms with van der Waals surface area (Å²) in [4.78, 5) is 27.1. The molecule has 1 N–H and O–H groups in total. The van der Waals surface area contributed by atoms with E-state index in [1.165, 1.54) is 122 Å². The van der Waals surface area contributed by atoms with Gasteiger partial charge in [-0.2, -0.15) is 11.8 Å². The third-order valence-electron chi connectivity index (χ3n) is 10.1. The highest BCUT2D eigenvalue weighted by atomic mass is 32.2. The zero-order chi connectivity index (χ0) is 37.3. The molecule has 304 valence electrons. The Labute approximate surface area is 322 Å². The van der Waals surface area contributed by atoms with Gasteiger partial charge in [0.05, 0.1) is 19.6 Å². The van der Waals surface area contributed by atoms with Gasteiger partial charge in [-0.1, -0.05) is 149 Å². The van der Waals surface area contributed by atoms with Crippen molar-refractivity contribution in [3.8, 4) is 0 Å². The number of thioether (sulfide) groups is 1. The van der Waals surface area contributed by atoms with E-state index in [0.717, 1.165) is 95.3 Å². The molecule has 7 heteroatoms. The molecule has 0 spiro atoms. The molecule has 0 amide bonds. The Balaban J connectivity index is 3.92. The van der Waals surface area contributed by atoms with E-state index in [1.807, 2.05) is 11.8 Å². The Hall–Kier alpha value is -0.790. The molecule has 0 aliphatic rings.